The van der Waals surface area contributed by atoms with Gasteiger partial charge in [0.25, 0.3) is 0 Å². The van der Waals surface area contributed by atoms with Gasteiger partial charge in [-0.2, -0.15) is 0 Å². The maximum atomic E-state index is 11.5. The van der Waals surface area contributed by atoms with E-state index in [0.29, 0.717) is 18.2 Å². The second-order valence-electron chi connectivity index (χ2n) is 4.71. The summed E-state index contributed by atoms with van der Waals surface area (Å²) in [7, 11) is 0. The highest BCUT2D eigenvalue weighted by atomic mass is 16.2. The zero-order valence-electron chi connectivity index (χ0n) is 11.4. The molecule has 0 atom stereocenters. The van der Waals surface area contributed by atoms with E-state index < -0.39 is 0 Å². The Morgan fingerprint density at radius 3 is 2.42 bits per heavy atom. The molecule has 0 aliphatic rings. The Kier molecular flexibility index (Phi) is 6.43. The lowest BCUT2D eigenvalue weighted by Gasteiger charge is -2.09. The molecule has 104 valence electrons. The highest BCUT2D eigenvalue weighted by Gasteiger charge is 2.05. The fourth-order valence-corrected chi connectivity index (χ4v) is 1.42. The summed E-state index contributed by atoms with van der Waals surface area (Å²) in [6, 6.07) is 8.70. The first-order valence-corrected chi connectivity index (χ1v) is 6.44. The second kappa shape index (κ2) is 8.13. The van der Waals surface area contributed by atoms with Crippen LogP contribution >= 0.6 is 0 Å². The van der Waals surface area contributed by atoms with Crippen LogP contribution in [0.5, 0.6) is 0 Å². The van der Waals surface area contributed by atoms with Crippen molar-refractivity contribution >= 4 is 17.6 Å². The van der Waals surface area contributed by atoms with Gasteiger partial charge < -0.3 is 16.0 Å². The fourth-order valence-electron chi connectivity index (χ4n) is 1.42. The standard InChI is InChI=1S/C14H21N3O2/c1-11(2)8-9-15-13(18)10-16-14(19)17-12-6-4-3-5-7-12/h3-7,11H,8-10H2,1-2H3,(H,15,18)(H2,16,17,19). The van der Waals surface area contributed by atoms with Crippen molar-refractivity contribution in [2.24, 2.45) is 5.92 Å². The van der Waals surface area contributed by atoms with Crippen LogP contribution in [0.3, 0.4) is 0 Å². The number of amides is 3. The minimum atomic E-state index is -0.384. The lowest BCUT2D eigenvalue weighted by atomic mass is 10.1. The Morgan fingerprint density at radius 1 is 1.11 bits per heavy atom. The molecular formula is C14H21N3O2. The first kappa shape index (κ1) is 15.0. The summed E-state index contributed by atoms with van der Waals surface area (Å²) in [5.74, 6) is 0.374. The van der Waals surface area contributed by atoms with Crippen molar-refractivity contribution < 1.29 is 9.59 Å². The third-order valence-electron chi connectivity index (χ3n) is 2.49. The van der Waals surface area contributed by atoms with E-state index in [1.165, 1.54) is 0 Å². The quantitative estimate of drug-likeness (QED) is 0.734. The zero-order chi connectivity index (χ0) is 14.1. The normalized spacial score (nSPS) is 10.1. The Hall–Kier alpha value is -2.04. The van der Waals surface area contributed by atoms with Crippen LogP contribution < -0.4 is 16.0 Å². The minimum absolute atomic E-state index is 0.0171. The predicted molar refractivity (Wildman–Crippen MR) is 75.9 cm³/mol. The molecular weight excluding hydrogens is 242 g/mol. The van der Waals surface area contributed by atoms with E-state index in [-0.39, 0.29) is 18.5 Å². The van der Waals surface area contributed by atoms with Gasteiger partial charge >= 0.3 is 6.03 Å². The van der Waals surface area contributed by atoms with Gasteiger partial charge in [0, 0.05) is 12.2 Å². The van der Waals surface area contributed by atoms with Crippen LogP contribution in [0.2, 0.25) is 0 Å². The highest BCUT2D eigenvalue weighted by molar-refractivity contribution is 5.92. The number of benzene rings is 1. The van der Waals surface area contributed by atoms with Gasteiger partial charge in [0.05, 0.1) is 6.54 Å². The Morgan fingerprint density at radius 2 is 1.79 bits per heavy atom. The van der Waals surface area contributed by atoms with Gasteiger partial charge in [-0.15, -0.1) is 0 Å². The number of rotatable bonds is 6. The summed E-state index contributed by atoms with van der Waals surface area (Å²) in [4.78, 5) is 22.9. The molecule has 5 heteroatoms. The van der Waals surface area contributed by atoms with Crippen molar-refractivity contribution in [3.05, 3.63) is 30.3 Å². The molecule has 5 nitrogen and oxygen atoms in total. The number of anilines is 1. The number of nitrogens with one attached hydrogen (secondary N) is 3. The van der Waals surface area contributed by atoms with Gasteiger partial charge in [0.2, 0.25) is 5.91 Å². The van der Waals surface area contributed by atoms with Gasteiger partial charge in [0.15, 0.2) is 0 Å². The number of hydrogen-bond acceptors (Lipinski definition) is 2. The number of carbonyl (C=O) groups excluding carboxylic acids is 2. The van der Waals surface area contributed by atoms with Crippen molar-refractivity contribution in [2.75, 3.05) is 18.4 Å². The molecule has 1 rings (SSSR count). The topological polar surface area (TPSA) is 70.2 Å². The second-order valence-corrected chi connectivity index (χ2v) is 4.71. The molecule has 0 radical (unpaired) electrons. The lowest BCUT2D eigenvalue weighted by molar-refractivity contribution is -0.120. The van der Waals surface area contributed by atoms with E-state index in [0.717, 1.165) is 6.42 Å². The Labute approximate surface area is 113 Å². The summed E-state index contributed by atoms with van der Waals surface area (Å²) in [6.07, 6.45) is 0.932. The SMILES string of the molecule is CC(C)CCNC(=O)CNC(=O)Nc1ccccc1. The summed E-state index contributed by atoms with van der Waals surface area (Å²) < 4.78 is 0. The van der Waals surface area contributed by atoms with Crippen molar-refractivity contribution in [3.63, 3.8) is 0 Å². The highest BCUT2D eigenvalue weighted by Crippen LogP contribution is 2.03. The molecule has 0 aromatic heterocycles. The molecule has 3 amide bonds. The number of hydrogen-bond donors (Lipinski definition) is 3. The van der Waals surface area contributed by atoms with Crippen molar-refractivity contribution in [1.29, 1.82) is 0 Å². The number of para-hydroxylation sites is 1. The van der Waals surface area contributed by atoms with E-state index in [2.05, 4.69) is 29.8 Å². The van der Waals surface area contributed by atoms with Crippen LogP contribution in [-0.4, -0.2) is 25.0 Å². The molecule has 0 unspecified atom stereocenters. The van der Waals surface area contributed by atoms with Crippen LogP contribution in [0.4, 0.5) is 10.5 Å². The minimum Gasteiger partial charge on any atom is -0.355 e. The molecule has 0 heterocycles. The molecule has 0 aliphatic heterocycles. The van der Waals surface area contributed by atoms with Crippen LogP contribution in [0.15, 0.2) is 30.3 Å². The maximum absolute atomic E-state index is 11.5. The molecule has 0 bridgehead atoms. The van der Waals surface area contributed by atoms with Gasteiger partial charge in [0.1, 0.15) is 0 Å². The average molecular weight is 263 g/mol. The molecule has 0 saturated carbocycles. The number of carbonyl (C=O) groups is 2. The lowest BCUT2D eigenvalue weighted by Crippen LogP contribution is -2.39. The van der Waals surface area contributed by atoms with E-state index >= 15 is 0 Å². The third kappa shape index (κ3) is 7.08. The van der Waals surface area contributed by atoms with Crippen molar-refractivity contribution in [2.45, 2.75) is 20.3 Å². The molecule has 0 fully saturated rings. The molecule has 3 N–H and O–H groups in total. The molecule has 19 heavy (non-hydrogen) atoms. The first-order chi connectivity index (χ1) is 9.08. The van der Waals surface area contributed by atoms with E-state index in [9.17, 15) is 9.59 Å². The summed E-state index contributed by atoms with van der Waals surface area (Å²) in [5, 5.41) is 7.90. The van der Waals surface area contributed by atoms with Gasteiger partial charge in [-0.25, -0.2) is 4.79 Å². The van der Waals surface area contributed by atoms with Gasteiger partial charge in [-0.05, 0) is 24.5 Å². The smallest absolute Gasteiger partial charge is 0.319 e. The predicted octanol–water partition coefficient (Wildman–Crippen LogP) is 1.97. The number of urea groups is 1. The third-order valence-corrected chi connectivity index (χ3v) is 2.49. The van der Waals surface area contributed by atoms with Crippen LogP contribution in [-0.2, 0) is 4.79 Å². The van der Waals surface area contributed by atoms with E-state index in [1.807, 2.05) is 18.2 Å². The Bertz CT molecular complexity index is 404. The van der Waals surface area contributed by atoms with Gasteiger partial charge in [-0.3, -0.25) is 4.79 Å². The summed E-state index contributed by atoms with van der Waals surface area (Å²) in [6.45, 7) is 4.81. The largest absolute Gasteiger partial charge is 0.355 e. The van der Waals surface area contributed by atoms with Crippen LogP contribution in [0.25, 0.3) is 0 Å². The first-order valence-electron chi connectivity index (χ1n) is 6.44. The molecule has 0 aliphatic carbocycles. The fraction of sp³-hybridized carbons (Fsp3) is 0.429. The van der Waals surface area contributed by atoms with E-state index in [4.69, 9.17) is 0 Å². The Balaban J connectivity index is 2.18. The van der Waals surface area contributed by atoms with Crippen LogP contribution in [0.1, 0.15) is 20.3 Å². The average Bonchev–Trinajstić information content (AvgIpc) is 2.37. The van der Waals surface area contributed by atoms with Gasteiger partial charge in [-0.1, -0.05) is 32.0 Å². The molecule has 0 saturated heterocycles. The molecule has 1 aromatic rings. The summed E-state index contributed by atoms with van der Waals surface area (Å²) in [5.41, 5.74) is 0.695. The monoisotopic (exact) mass is 263 g/mol. The van der Waals surface area contributed by atoms with Crippen molar-refractivity contribution in [3.8, 4) is 0 Å². The molecule has 0 spiro atoms. The maximum Gasteiger partial charge on any atom is 0.319 e. The van der Waals surface area contributed by atoms with Crippen LogP contribution in [0, 0.1) is 5.92 Å². The van der Waals surface area contributed by atoms with E-state index in [1.54, 1.807) is 12.1 Å². The molecule has 1 aromatic carbocycles. The van der Waals surface area contributed by atoms with Crippen molar-refractivity contribution in [1.82, 2.24) is 10.6 Å². The zero-order valence-corrected chi connectivity index (χ0v) is 11.4. The summed E-state index contributed by atoms with van der Waals surface area (Å²) >= 11 is 0.